The van der Waals surface area contributed by atoms with Crippen LogP contribution in [0.25, 0.3) is 21.9 Å². The van der Waals surface area contributed by atoms with E-state index in [9.17, 15) is 0 Å². The zero-order valence-electron chi connectivity index (χ0n) is 12.2. The first-order valence-electron chi connectivity index (χ1n) is 7.22. The first kappa shape index (κ1) is 13.3. The zero-order chi connectivity index (χ0) is 14.9. The van der Waals surface area contributed by atoms with E-state index in [1.54, 1.807) is 11.8 Å². The van der Waals surface area contributed by atoms with E-state index in [2.05, 4.69) is 52.4 Å². The Balaban J connectivity index is 1.56. The van der Waals surface area contributed by atoms with Gasteiger partial charge in [-0.1, -0.05) is 30.3 Å². The quantitative estimate of drug-likeness (QED) is 0.557. The average molecular weight is 305 g/mol. The smallest absolute Gasteiger partial charge is 0.104 e. The summed E-state index contributed by atoms with van der Waals surface area (Å²) < 4.78 is 0. The molecule has 2 aromatic carbocycles. The molecule has 3 nitrogen and oxygen atoms in total. The standard InChI is InChI=1S/C18H15N3S/c1-12-19-16-8-6-13(10-17(16)20-12)11-22-18-9-7-14-4-2-3-5-15(14)21-18/h2-10H,11H2,1H3,(H,19,20). The summed E-state index contributed by atoms with van der Waals surface area (Å²) in [6.07, 6.45) is 0. The van der Waals surface area contributed by atoms with Crippen molar-refractivity contribution in [2.45, 2.75) is 17.7 Å². The highest BCUT2D eigenvalue weighted by atomic mass is 32.2. The van der Waals surface area contributed by atoms with Crippen molar-refractivity contribution < 1.29 is 0 Å². The molecule has 0 fully saturated rings. The predicted octanol–water partition coefficient (Wildman–Crippen LogP) is 4.71. The number of rotatable bonds is 3. The van der Waals surface area contributed by atoms with E-state index < -0.39 is 0 Å². The Bertz CT molecular complexity index is 959. The lowest BCUT2D eigenvalue weighted by Gasteiger charge is -2.03. The Morgan fingerprint density at radius 2 is 1.86 bits per heavy atom. The molecule has 0 saturated carbocycles. The van der Waals surface area contributed by atoms with Crippen molar-refractivity contribution in [1.82, 2.24) is 15.0 Å². The fourth-order valence-electron chi connectivity index (χ4n) is 2.56. The first-order chi connectivity index (χ1) is 10.8. The van der Waals surface area contributed by atoms with Crippen molar-refractivity contribution in [2.24, 2.45) is 0 Å². The van der Waals surface area contributed by atoms with Gasteiger partial charge >= 0.3 is 0 Å². The molecule has 108 valence electrons. The molecule has 0 bridgehead atoms. The third kappa shape index (κ3) is 2.57. The number of aromatic amines is 1. The van der Waals surface area contributed by atoms with Crippen LogP contribution in [0, 0.1) is 6.92 Å². The van der Waals surface area contributed by atoms with Crippen LogP contribution in [-0.2, 0) is 5.75 Å². The topological polar surface area (TPSA) is 41.6 Å². The molecule has 2 heterocycles. The van der Waals surface area contributed by atoms with Crippen LogP contribution in [0.4, 0.5) is 0 Å². The number of aryl methyl sites for hydroxylation is 1. The number of hydrogen-bond acceptors (Lipinski definition) is 3. The summed E-state index contributed by atoms with van der Waals surface area (Å²) in [6.45, 7) is 1.98. The van der Waals surface area contributed by atoms with Gasteiger partial charge in [0.05, 0.1) is 21.6 Å². The maximum atomic E-state index is 4.70. The Hall–Kier alpha value is -2.33. The van der Waals surface area contributed by atoms with Gasteiger partial charge in [-0.05, 0) is 36.8 Å². The van der Waals surface area contributed by atoms with Gasteiger partial charge in [-0.3, -0.25) is 0 Å². The number of fused-ring (bicyclic) bond motifs is 2. The monoisotopic (exact) mass is 305 g/mol. The number of H-pyrrole nitrogens is 1. The van der Waals surface area contributed by atoms with Gasteiger partial charge in [-0.2, -0.15) is 0 Å². The molecule has 0 aliphatic rings. The second-order valence-corrected chi connectivity index (χ2v) is 6.30. The Morgan fingerprint density at radius 3 is 2.82 bits per heavy atom. The number of nitrogens with one attached hydrogen (secondary N) is 1. The molecule has 0 aliphatic heterocycles. The molecule has 0 saturated heterocycles. The summed E-state index contributed by atoms with van der Waals surface area (Å²) in [4.78, 5) is 12.4. The van der Waals surface area contributed by atoms with Gasteiger partial charge in [0.25, 0.3) is 0 Å². The lowest BCUT2D eigenvalue weighted by Crippen LogP contribution is -1.85. The number of thioether (sulfide) groups is 1. The highest BCUT2D eigenvalue weighted by Gasteiger charge is 2.03. The predicted molar refractivity (Wildman–Crippen MR) is 92.1 cm³/mol. The summed E-state index contributed by atoms with van der Waals surface area (Å²) in [5, 5.41) is 2.24. The van der Waals surface area contributed by atoms with E-state index in [0.29, 0.717) is 0 Å². The van der Waals surface area contributed by atoms with Crippen LogP contribution in [0.3, 0.4) is 0 Å². The van der Waals surface area contributed by atoms with Gasteiger partial charge in [0.1, 0.15) is 5.82 Å². The number of nitrogens with zero attached hydrogens (tertiary/aromatic N) is 2. The summed E-state index contributed by atoms with van der Waals surface area (Å²) >= 11 is 1.76. The largest absolute Gasteiger partial charge is 0.342 e. The molecule has 2 aromatic heterocycles. The van der Waals surface area contributed by atoms with Crippen LogP contribution >= 0.6 is 11.8 Å². The third-order valence-corrected chi connectivity index (χ3v) is 4.63. The van der Waals surface area contributed by atoms with Crippen molar-refractivity contribution in [3.8, 4) is 0 Å². The van der Waals surface area contributed by atoms with Crippen LogP contribution in [0.15, 0.2) is 59.6 Å². The average Bonchev–Trinajstić information content (AvgIpc) is 2.92. The summed E-state index contributed by atoms with van der Waals surface area (Å²) in [5.41, 5.74) is 4.44. The highest BCUT2D eigenvalue weighted by Crippen LogP contribution is 2.24. The summed E-state index contributed by atoms with van der Waals surface area (Å²) in [6, 6.07) is 18.8. The van der Waals surface area contributed by atoms with Crippen LogP contribution in [0.5, 0.6) is 0 Å². The van der Waals surface area contributed by atoms with Gasteiger partial charge in [0.2, 0.25) is 0 Å². The molecular weight excluding hydrogens is 290 g/mol. The van der Waals surface area contributed by atoms with Crippen molar-refractivity contribution >= 4 is 33.7 Å². The van der Waals surface area contributed by atoms with E-state index in [0.717, 1.165) is 33.2 Å². The number of para-hydroxylation sites is 1. The third-order valence-electron chi connectivity index (χ3n) is 3.62. The normalized spacial score (nSPS) is 11.3. The number of imidazole rings is 1. The van der Waals surface area contributed by atoms with Crippen LogP contribution < -0.4 is 0 Å². The molecular formula is C18H15N3S. The maximum Gasteiger partial charge on any atom is 0.104 e. The number of aromatic nitrogens is 3. The van der Waals surface area contributed by atoms with Gasteiger partial charge in [-0.25, -0.2) is 9.97 Å². The minimum atomic E-state index is 0.902. The fraction of sp³-hybridized carbons (Fsp3) is 0.111. The van der Waals surface area contributed by atoms with Gasteiger partial charge in [-0.15, -0.1) is 11.8 Å². The SMILES string of the molecule is Cc1nc2ccc(CSc3ccc4ccccc4n3)cc2[nH]1. The zero-order valence-corrected chi connectivity index (χ0v) is 13.0. The van der Waals surface area contributed by atoms with Gasteiger partial charge in [0, 0.05) is 11.1 Å². The van der Waals surface area contributed by atoms with Crippen molar-refractivity contribution in [3.63, 3.8) is 0 Å². The minimum absolute atomic E-state index is 0.902. The van der Waals surface area contributed by atoms with E-state index >= 15 is 0 Å². The van der Waals surface area contributed by atoms with E-state index in [-0.39, 0.29) is 0 Å². The lowest BCUT2D eigenvalue weighted by molar-refractivity contribution is 1.17. The molecule has 4 heteroatoms. The highest BCUT2D eigenvalue weighted by molar-refractivity contribution is 7.98. The molecule has 0 spiro atoms. The van der Waals surface area contributed by atoms with Crippen molar-refractivity contribution in [1.29, 1.82) is 0 Å². The number of hydrogen-bond donors (Lipinski definition) is 1. The molecule has 0 unspecified atom stereocenters. The summed E-state index contributed by atoms with van der Waals surface area (Å²) in [5.74, 6) is 1.86. The van der Waals surface area contributed by atoms with Crippen LogP contribution in [-0.4, -0.2) is 15.0 Å². The van der Waals surface area contributed by atoms with Crippen molar-refractivity contribution in [3.05, 3.63) is 66.0 Å². The molecule has 0 amide bonds. The molecule has 1 N–H and O–H groups in total. The molecule has 4 rings (SSSR count). The van der Waals surface area contributed by atoms with Crippen LogP contribution in [0.2, 0.25) is 0 Å². The maximum absolute atomic E-state index is 4.70. The van der Waals surface area contributed by atoms with Crippen molar-refractivity contribution in [2.75, 3.05) is 0 Å². The fourth-order valence-corrected chi connectivity index (χ4v) is 3.38. The lowest BCUT2D eigenvalue weighted by atomic mass is 10.2. The number of benzene rings is 2. The first-order valence-corrected chi connectivity index (χ1v) is 8.20. The molecule has 22 heavy (non-hydrogen) atoms. The van der Waals surface area contributed by atoms with E-state index in [1.807, 2.05) is 19.1 Å². The Morgan fingerprint density at radius 1 is 0.955 bits per heavy atom. The molecule has 0 radical (unpaired) electrons. The second kappa shape index (κ2) is 5.46. The van der Waals surface area contributed by atoms with Gasteiger partial charge < -0.3 is 4.98 Å². The summed E-state index contributed by atoms with van der Waals surface area (Å²) in [7, 11) is 0. The van der Waals surface area contributed by atoms with E-state index in [4.69, 9.17) is 4.98 Å². The Kier molecular flexibility index (Phi) is 3.31. The molecule has 0 aliphatic carbocycles. The molecule has 4 aromatic rings. The van der Waals surface area contributed by atoms with Gasteiger partial charge in [0.15, 0.2) is 0 Å². The van der Waals surface area contributed by atoms with Crippen LogP contribution in [0.1, 0.15) is 11.4 Å². The molecule has 0 atom stereocenters. The Labute approximate surface area is 132 Å². The number of pyridine rings is 1. The second-order valence-electron chi connectivity index (χ2n) is 5.30. The minimum Gasteiger partial charge on any atom is -0.342 e. The van der Waals surface area contributed by atoms with E-state index in [1.165, 1.54) is 10.9 Å².